The van der Waals surface area contributed by atoms with Crippen LogP contribution in [0.15, 0.2) is 35.1 Å². The van der Waals surface area contributed by atoms with E-state index in [-0.39, 0.29) is 18.1 Å². The molecule has 0 fully saturated rings. The third-order valence-corrected chi connectivity index (χ3v) is 3.04. The zero-order valence-corrected chi connectivity index (χ0v) is 12.8. The lowest BCUT2D eigenvalue weighted by molar-refractivity contribution is -0.118. The number of aromatic amines is 1. The van der Waals surface area contributed by atoms with Crippen molar-refractivity contribution in [3.63, 3.8) is 0 Å². The number of ether oxygens (including phenoxy) is 1. The van der Waals surface area contributed by atoms with Gasteiger partial charge >= 0.3 is 0 Å². The SMILES string of the molecule is CC(=O)NCCc1cc(=O)[nH]c(COc2ccc(Cl)cc2)n1. The largest absolute Gasteiger partial charge is 0.486 e. The number of carbonyl (C=O) groups excluding carboxylic acids is 1. The maximum Gasteiger partial charge on any atom is 0.251 e. The third kappa shape index (κ3) is 5.21. The first-order valence-electron chi connectivity index (χ1n) is 6.75. The number of carbonyl (C=O) groups is 1. The molecule has 0 saturated heterocycles. The molecule has 1 aromatic carbocycles. The lowest BCUT2D eigenvalue weighted by atomic mass is 10.3. The number of hydrogen-bond acceptors (Lipinski definition) is 4. The first kappa shape index (κ1) is 16.0. The average Bonchev–Trinajstić information content (AvgIpc) is 2.46. The molecular weight excluding hydrogens is 306 g/mol. The van der Waals surface area contributed by atoms with Crippen molar-refractivity contribution in [2.75, 3.05) is 6.54 Å². The number of hydrogen-bond donors (Lipinski definition) is 2. The van der Waals surface area contributed by atoms with E-state index in [1.807, 2.05) is 0 Å². The average molecular weight is 322 g/mol. The van der Waals surface area contributed by atoms with E-state index in [1.54, 1.807) is 24.3 Å². The highest BCUT2D eigenvalue weighted by atomic mass is 35.5. The van der Waals surface area contributed by atoms with E-state index in [0.717, 1.165) is 0 Å². The smallest absolute Gasteiger partial charge is 0.251 e. The predicted octanol–water partition coefficient (Wildman–Crippen LogP) is 1.68. The maximum atomic E-state index is 11.6. The fourth-order valence-corrected chi connectivity index (χ4v) is 1.93. The number of nitrogens with one attached hydrogen (secondary N) is 2. The first-order valence-corrected chi connectivity index (χ1v) is 7.12. The van der Waals surface area contributed by atoms with Gasteiger partial charge in [-0.3, -0.25) is 9.59 Å². The van der Waals surface area contributed by atoms with Gasteiger partial charge in [0.1, 0.15) is 18.2 Å². The van der Waals surface area contributed by atoms with E-state index in [1.165, 1.54) is 13.0 Å². The molecule has 2 N–H and O–H groups in total. The second-order valence-electron chi connectivity index (χ2n) is 4.66. The van der Waals surface area contributed by atoms with Crippen molar-refractivity contribution >= 4 is 17.5 Å². The number of rotatable bonds is 6. The summed E-state index contributed by atoms with van der Waals surface area (Å²) in [5.41, 5.74) is 0.356. The fraction of sp³-hybridized carbons (Fsp3) is 0.267. The molecule has 0 saturated carbocycles. The molecule has 1 amide bonds. The topological polar surface area (TPSA) is 84.1 Å². The molecule has 7 heteroatoms. The van der Waals surface area contributed by atoms with E-state index >= 15 is 0 Å². The molecule has 0 unspecified atom stereocenters. The zero-order valence-electron chi connectivity index (χ0n) is 12.1. The van der Waals surface area contributed by atoms with Crippen LogP contribution in [0.4, 0.5) is 0 Å². The zero-order chi connectivity index (χ0) is 15.9. The molecule has 0 atom stereocenters. The molecule has 0 spiro atoms. The number of benzene rings is 1. The molecule has 6 nitrogen and oxygen atoms in total. The summed E-state index contributed by atoms with van der Waals surface area (Å²) in [6.07, 6.45) is 0.484. The second kappa shape index (κ2) is 7.61. The Bertz CT molecular complexity index is 698. The van der Waals surface area contributed by atoms with Crippen LogP contribution in [-0.4, -0.2) is 22.4 Å². The molecule has 0 bridgehead atoms. The van der Waals surface area contributed by atoms with Crippen LogP contribution >= 0.6 is 11.6 Å². The van der Waals surface area contributed by atoms with Gasteiger partial charge < -0.3 is 15.0 Å². The number of amides is 1. The fourth-order valence-electron chi connectivity index (χ4n) is 1.81. The molecular formula is C15H16ClN3O3. The number of aromatic nitrogens is 2. The number of halogens is 1. The Morgan fingerprint density at radius 3 is 2.77 bits per heavy atom. The molecule has 0 aliphatic heterocycles. The molecule has 1 heterocycles. The van der Waals surface area contributed by atoms with Crippen LogP contribution in [-0.2, 0) is 17.8 Å². The van der Waals surface area contributed by atoms with E-state index in [0.29, 0.717) is 35.3 Å². The maximum absolute atomic E-state index is 11.6. The summed E-state index contributed by atoms with van der Waals surface area (Å²) < 4.78 is 5.54. The van der Waals surface area contributed by atoms with Crippen molar-refractivity contribution in [2.24, 2.45) is 0 Å². The van der Waals surface area contributed by atoms with Gasteiger partial charge in [-0.1, -0.05) is 11.6 Å². The van der Waals surface area contributed by atoms with Gasteiger partial charge in [-0.05, 0) is 24.3 Å². The Labute approximate surface area is 132 Å². The summed E-state index contributed by atoms with van der Waals surface area (Å²) in [5, 5.41) is 3.29. The molecule has 0 aliphatic rings. The Hall–Kier alpha value is -2.34. The lowest BCUT2D eigenvalue weighted by Crippen LogP contribution is -2.24. The summed E-state index contributed by atoms with van der Waals surface area (Å²) in [6, 6.07) is 8.32. The summed E-state index contributed by atoms with van der Waals surface area (Å²) in [6.45, 7) is 2.02. The second-order valence-corrected chi connectivity index (χ2v) is 5.10. The number of H-pyrrole nitrogens is 1. The van der Waals surface area contributed by atoms with Gasteiger partial charge in [0, 0.05) is 36.7 Å². The highest BCUT2D eigenvalue weighted by Gasteiger charge is 2.03. The Morgan fingerprint density at radius 1 is 1.36 bits per heavy atom. The molecule has 2 aromatic rings. The minimum atomic E-state index is -0.248. The van der Waals surface area contributed by atoms with Crippen LogP contribution < -0.4 is 15.6 Å². The van der Waals surface area contributed by atoms with Crippen LogP contribution in [0, 0.1) is 0 Å². The van der Waals surface area contributed by atoms with Crippen molar-refractivity contribution in [3.05, 3.63) is 57.2 Å². The third-order valence-electron chi connectivity index (χ3n) is 2.79. The summed E-state index contributed by atoms with van der Waals surface area (Å²) in [4.78, 5) is 29.4. The van der Waals surface area contributed by atoms with E-state index in [2.05, 4.69) is 15.3 Å². The first-order chi connectivity index (χ1) is 10.5. The summed E-state index contributed by atoms with van der Waals surface area (Å²) in [5.74, 6) is 0.951. The van der Waals surface area contributed by atoms with Crippen molar-refractivity contribution in [1.82, 2.24) is 15.3 Å². The summed E-state index contributed by atoms with van der Waals surface area (Å²) >= 11 is 5.80. The van der Waals surface area contributed by atoms with Gasteiger partial charge in [-0.15, -0.1) is 0 Å². The van der Waals surface area contributed by atoms with Crippen molar-refractivity contribution < 1.29 is 9.53 Å². The Morgan fingerprint density at radius 2 is 2.09 bits per heavy atom. The van der Waals surface area contributed by atoms with Crippen LogP contribution in [0.1, 0.15) is 18.4 Å². The Kier molecular flexibility index (Phi) is 5.55. The normalized spacial score (nSPS) is 10.3. The van der Waals surface area contributed by atoms with Gasteiger partial charge in [-0.2, -0.15) is 0 Å². The van der Waals surface area contributed by atoms with Crippen LogP contribution in [0.2, 0.25) is 5.02 Å². The van der Waals surface area contributed by atoms with E-state index < -0.39 is 0 Å². The van der Waals surface area contributed by atoms with Gasteiger partial charge in [0.05, 0.1) is 0 Å². The van der Waals surface area contributed by atoms with Crippen LogP contribution in [0.5, 0.6) is 5.75 Å². The molecule has 22 heavy (non-hydrogen) atoms. The summed E-state index contributed by atoms with van der Waals surface area (Å²) in [7, 11) is 0. The lowest BCUT2D eigenvalue weighted by Gasteiger charge is -2.07. The van der Waals surface area contributed by atoms with Crippen LogP contribution in [0.25, 0.3) is 0 Å². The predicted molar refractivity (Wildman–Crippen MR) is 83.0 cm³/mol. The monoisotopic (exact) mass is 321 g/mol. The number of nitrogens with zero attached hydrogens (tertiary/aromatic N) is 1. The minimum Gasteiger partial charge on any atom is -0.486 e. The molecule has 0 radical (unpaired) electrons. The highest BCUT2D eigenvalue weighted by molar-refractivity contribution is 6.30. The molecule has 2 rings (SSSR count). The Balaban J connectivity index is 1.98. The van der Waals surface area contributed by atoms with Gasteiger partial charge in [0.25, 0.3) is 5.56 Å². The van der Waals surface area contributed by atoms with Crippen molar-refractivity contribution in [3.8, 4) is 5.75 Å². The van der Waals surface area contributed by atoms with Crippen molar-refractivity contribution in [2.45, 2.75) is 20.0 Å². The molecule has 0 aliphatic carbocycles. The van der Waals surface area contributed by atoms with E-state index in [9.17, 15) is 9.59 Å². The standard InChI is InChI=1S/C15H16ClN3O3/c1-10(20)17-7-6-12-8-15(21)19-14(18-12)9-22-13-4-2-11(16)3-5-13/h2-5,8H,6-7,9H2,1H3,(H,17,20)(H,18,19,21). The van der Waals surface area contributed by atoms with Gasteiger partial charge in [0.2, 0.25) is 5.91 Å². The van der Waals surface area contributed by atoms with Gasteiger partial charge in [0.15, 0.2) is 0 Å². The molecule has 116 valence electrons. The van der Waals surface area contributed by atoms with Crippen LogP contribution in [0.3, 0.4) is 0 Å². The minimum absolute atomic E-state index is 0.115. The van der Waals surface area contributed by atoms with Gasteiger partial charge in [-0.25, -0.2) is 4.98 Å². The highest BCUT2D eigenvalue weighted by Crippen LogP contribution is 2.16. The quantitative estimate of drug-likeness (QED) is 0.848. The van der Waals surface area contributed by atoms with E-state index in [4.69, 9.17) is 16.3 Å². The van der Waals surface area contributed by atoms with Crippen molar-refractivity contribution in [1.29, 1.82) is 0 Å². The molecule has 1 aromatic heterocycles.